The fourth-order valence-electron chi connectivity index (χ4n) is 4.09. The molecule has 1 amide bonds. The largest absolute Gasteiger partial charge is 0.495 e. The topological polar surface area (TPSA) is 47.4 Å². The molecule has 5 nitrogen and oxygen atoms in total. The van der Waals surface area contributed by atoms with Crippen molar-refractivity contribution >= 4 is 16.8 Å². The third kappa shape index (κ3) is 3.54. The number of hydrogen-bond acceptors (Lipinski definition) is 3. The van der Waals surface area contributed by atoms with Crippen LogP contribution in [0.25, 0.3) is 10.9 Å². The van der Waals surface area contributed by atoms with Gasteiger partial charge in [0.25, 0.3) is 0 Å². The summed E-state index contributed by atoms with van der Waals surface area (Å²) in [5.41, 5.74) is 2.19. The molecule has 1 aromatic carbocycles. The molecule has 1 aliphatic rings. The fraction of sp³-hybridized carbons (Fsp3) is 0.364. The number of nitrogens with zero attached hydrogens (tertiary/aromatic N) is 3. The highest BCUT2D eigenvalue weighted by Gasteiger charge is 2.27. The Labute approximate surface area is 159 Å². The van der Waals surface area contributed by atoms with Crippen molar-refractivity contribution in [2.45, 2.75) is 38.3 Å². The summed E-state index contributed by atoms with van der Waals surface area (Å²) in [5.74, 6) is 1.05. The van der Waals surface area contributed by atoms with Gasteiger partial charge in [0, 0.05) is 43.5 Å². The number of pyridine rings is 1. The second-order valence-electron chi connectivity index (χ2n) is 7.04. The Morgan fingerprint density at radius 1 is 1.22 bits per heavy atom. The van der Waals surface area contributed by atoms with Crippen LogP contribution < -0.4 is 4.74 Å². The molecular weight excluding hydrogens is 338 g/mol. The van der Waals surface area contributed by atoms with Gasteiger partial charge in [0.05, 0.1) is 18.7 Å². The van der Waals surface area contributed by atoms with Gasteiger partial charge >= 0.3 is 0 Å². The Morgan fingerprint density at radius 2 is 2.15 bits per heavy atom. The Kier molecular flexibility index (Phi) is 5.10. The molecule has 27 heavy (non-hydrogen) atoms. The summed E-state index contributed by atoms with van der Waals surface area (Å²) in [5, 5.41) is 1.13. The van der Waals surface area contributed by atoms with Gasteiger partial charge in [0.15, 0.2) is 0 Å². The van der Waals surface area contributed by atoms with E-state index in [0.717, 1.165) is 48.0 Å². The second kappa shape index (κ2) is 7.82. The average molecular weight is 363 g/mol. The molecule has 1 fully saturated rings. The van der Waals surface area contributed by atoms with E-state index in [9.17, 15) is 4.79 Å². The molecule has 3 heterocycles. The van der Waals surface area contributed by atoms with Gasteiger partial charge in [-0.2, -0.15) is 0 Å². The zero-order chi connectivity index (χ0) is 18.6. The predicted octanol–water partition coefficient (Wildman–Crippen LogP) is 4.19. The van der Waals surface area contributed by atoms with Crippen LogP contribution >= 0.6 is 0 Å². The summed E-state index contributed by atoms with van der Waals surface area (Å²) in [7, 11) is 1.68. The Hall–Kier alpha value is -2.82. The zero-order valence-electron chi connectivity index (χ0n) is 15.7. The van der Waals surface area contributed by atoms with Crippen molar-refractivity contribution in [1.82, 2.24) is 14.5 Å². The maximum absolute atomic E-state index is 13.0. The average Bonchev–Trinajstić information content (AvgIpc) is 3.16. The van der Waals surface area contributed by atoms with Crippen LogP contribution in [0, 0.1) is 0 Å². The molecule has 0 saturated carbocycles. The van der Waals surface area contributed by atoms with E-state index in [1.165, 1.54) is 0 Å². The lowest BCUT2D eigenvalue weighted by Crippen LogP contribution is -2.38. The molecule has 0 unspecified atom stereocenters. The predicted molar refractivity (Wildman–Crippen MR) is 106 cm³/mol. The second-order valence-corrected chi connectivity index (χ2v) is 7.04. The normalized spacial score (nSPS) is 17.2. The highest BCUT2D eigenvalue weighted by molar-refractivity contribution is 5.86. The van der Waals surface area contributed by atoms with Crippen LogP contribution in [0.3, 0.4) is 0 Å². The molecule has 0 radical (unpaired) electrons. The van der Waals surface area contributed by atoms with Crippen molar-refractivity contribution in [1.29, 1.82) is 0 Å². The van der Waals surface area contributed by atoms with Gasteiger partial charge in [0.1, 0.15) is 5.75 Å². The Balaban J connectivity index is 1.50. The number of amides is 1. The Morgan fingerprint density at radius 3 is 2.96 bits per heavy atom. The molecule has 1 aliphatic heterocycles. The van der Waals surface area contributed by atoms with Gasteiger partial charge in [-0.05, 0) is 43.0 Å². The van der Waals surface area contributed by atoms with Gasteiger partial charge in [0.2, 0.25) is 5.91 Å². The van der Waals surface area contributed by atoms with E-state index in [0.29, 0.717) is 13.0 Å². The number of methoxy groups -OCH3 is 1. The smallest absolute Gasteiger partial charge is 0.224 e. The van der Waals surface area contributed by atoms with E-state index in [4.69, 9.17) is 4.74 Å². The molecule has 0 N–H and O–H groups in total. The third-order valence-corrected chi connectivity index (χ3v) is 5.43. The number of benzene rings is 1. The summed E-state index contributed by atoms with van der Waals surface area (Å²) in [6.07, 6.45) is 9.43. The van der Waals surface area contributed by atoms with Crippen LogP contribution in [0.15, 0.2) is 55.0 Å². The number of carbonyl (C=O) groups excluding carboxylic acids is 1. The van der Waals surface area contributed by atoms with Crippen molar-refractivity contribution in [2.75, 3.05) is 13.7 Å². The summed E-state index contributed by atoms with van der Waals surface area (Å²) >= 11 is 0. The lowest BCUT2D eigenvalue weighted by Gasteiger charge is -2.36. The lowest BCUT2D eigenvalue weighted by molar-refractivity contribution is -0.135. The van der Waals surface area contributed by atoms with Gasteiger partial charge in [-0.3, -0.25) is 9.78 Å². The number of para-hydroxylation sites is 1. The SMILES string of the molecule is COc1cccc2ccn(CCC(=O)N3CCCC[C@H]3c3cccnc3)c12. The first-order valence-corrected chi connectivity index (χ1v) is 9.59. The highest BCUT2D eigenvalue weighted by Crippen LogP contribution is 2.31. The van der Waals surface area contributed by atoms with E-state index < -0.39 is 0 Å². The maximum Gasteiger partial charge on any atom is 0.224 e. The van der Waals surface area contributed by atoms with Crippen molar-refractivity contribution in [3.05, 3.63) is 60.6 Å². The summed E-state index contributed by atoms with van der Waals surface area (Å²) in [4.78, 5) is 19.3. The first-order valence-electron chi connectivity index (χ1n) is 9.59. The number of hydrogen-bond donors (Lipinski definition) is 0. The minimum atomic E-state index is 0.149. The first kappa shape index (κ1) is 17.6. The lowest BCUT2D eigenvalue weighted by atomic mass is 9.96. The monoisotopic (exact) mass is 363 g/mol. The minimum absolute atomic E-state index is 0.149. The van der Waals surface area contributed by atoms with Crippen LogP contribution in [-0.4, -0.2) is 34.0 Å². The van der Waals surface area contributed by atoms with E-state index in [-0.39, 0.29) is 11.9 Å². The molecule has 2 aromatic heterocycles. The van der Waals surface area contributed by atoms with E-state index in [1.54, 1.807) is 13.3 Å². The number of likely N-dealkylation sites (tertiary alicyclic amines) is 1. The zero-order valence-corrected chi connectivity index (χ0v) is 15.7. The number of fused-ring (bicyclic) bond motifs is 1. The minimum Gasteiger partial charge on any atom is -0.495 e. The van der Waals surface area contributed by atoms with Crippen molar-refractivity contribution < 1.29 is 9.53 Å². The summed E-state index contributed by atoms with van der Waals surface area (Å²) in [6, 6.07) is 12.3. The highest BCUT2D eigenvalue weighted by atomic mass is 16.5. The van der Waals surface area contributed by atoms with Crippen LogP contribution in [0.4, 0.5) is 0 Å². The Bertz CT molecular complexity index is 920. The number of aromatic nitrogens is 2. The number of piperidine rings is 1. The number of rotatable bonds is 5. The van der Waals surface area contributed by atoms with Crippen molar-refractivity contribution in [3.63, 3.8) is 0 Å². The molecule has 140 valence electrons. The molecule has 1 saturated heterocycles. The van der Waals surface area contributed by atoms with Gasteiger partial charge in [-0.1, -0.05) is 18.2 Å². The molecule has 5 heteroatoms. The molecule has 4 rings (SSSR count). The van der Waals surface area contributed by atoms with E-state index in [1.807, 2.05) is 35.5 Å². The molecular formula is C22H25N3O2. The van der Waals surface area contributed by atoms with Crippen molar-refractivity contribution in [2.24, 2.45) is 0 Å². The first-order chi connectivity index (χ1) is 13.3. The fourth-order valence-corrected chi connectivity index (χ4v) is 4.09. The van der Waals surface area contributed by atoms with Crippen molar-refractivity contribution in [3.8, 4) is 5.75 Å². The van der Waals surface area contributed by atoms with Crippen LogP contribution in [0.2, 0.25) is 0 Å². The maximum atomic E-state index is 13.0. The van der Waals surface area contributed by atoms with Crippen LogP contribution in [0.5, 0.6) is 5.75 Å². The standard InChI is InChI=1S/C22H25N3O2/c1-27-20-9-4-6-17-10-14-24(22(17)20)15-11-21(26)25-13-3-2-8-19(25)18-7-5-12-23-16-18/h4-7,9-10,12,14,16,19H,2-3,8,11,13,15H2,1H3/t19-/m0/s1. The van der Waals surface area contributed by atoms with E-state index in [2.05, 4.69) is 27.8 Å². The van der Waals surface area contributed by atoms with Gasteiger partial charge in [-0.25, -0.2) is 0 Å². The third-order valence-electron chi connectivity index (χ3n) is 5.43. The quantitative estimate of drug-likeness (QED) is 0.683. The number of aryl methyl sites for hydroxylation is 1. The molecule has 0 spiro atoms. The number of ether oxygens (including phenoxy) is 1. The molecule has 0 aliphatic carbocycles. The summed E-state index contributed by atoms with van der Waals surface area (Å²) in [6.45, 7) is 1.48. The van der Waals surface area contributed by atoms with E-state index >= 15 is 0 Å². The summed E-state index contributed by atoms with van der Waals surface area (Å²) < 4.78 is 7.62. The molecule has 0 bridgehead atoms. The molecule has 3 aromatic rings. The van der Waals surface area contributed by atoms with Crippen LogP contribution in [-0.2, 0) is 11.3 Å². The number of carbonyl (C=O) groups is 1. The van der Waals surface area contributed by atoms with Gasteiger partial charge < -0.3 is 14.2 Å². The van der Waals surface area contributed by atoms with Crippen LogP contribution in [0.1, 0.15) is 37.3 Å². The molecule has 1 atom stereocenters. The van der Waals surface area contributed by atoms with Gasteiger partial charge in [-0.15, -0.1) is 0 Å².